The van der Waals surface area contributed by atoms with Crippen molar-refractivity contribution in [1.82, 2.24) is 20.3 Å². The van der Waals surface area contributed by atoms with E-state index in [1.807, 2.05) is 0 Å². The van der Waals surface area contributed by atoms with E-state index in [9.17, 15) is 14.0 Å². The number of hydrogen-bond donors (Lipinski definition) is 1. The minimum atomic E-state index is -0.351. The van der Waals surface area contributed by atoms with E-state index < -0.39 is 0 Å². The second-order valence-corrected chi connectivity index (χ2v) is 7.69. The molecule has 31 heavy (non-hydrogen) atoms. The first-order valence-corrected chi connectivity index (χ1v) is 10.3. The van der Waals surface area contributed by atoms with Crippen molar-refractivity contribution in [1.29, 1.82) is 0 Å². The molecule has 1 saturated heterocycles. The third-order valence-electron chi connectivity index (χ3n) is 5.35. The molecule has 0 spiro atoms. The minimum absolute atomic E-state index is 0.0401. The number of hydrogen-bond acceptors (Lipinski definition) is 6. The summed E-state index contributed by atoms with van der Waals surface area (Å²) >= 11 is 0. The predicted molar refractivity (Wildman–Crippen MR) is 113 cm³/mol. The second kappa shape index (κ2) is 9.11. The van der Waals surface area contributed by atoms with Crippen LogP contribution in [0.1, 0.15) is 41.1 Å². The molecule has 2 aromatic heterocycles. The summed E-state index contributed by atoms with van der Waals surface area (Å²) < 4.78 is 19.8. The topological polar surface area (TPSA) is 93.3 Å². The quantitative estimate of drug-likeness (QED) is 0.652. The Morgan fingerprint density at radius 1 is 1.26 bits per heavy atom. The number of carbonyl (C=O) groups is 1. The second-order valence-electron chi connectivity index (χ2n) is 7.69. The van der Waals surface area contributed by atoms with E-state index in [0.717, 1.165) is 25.8 Å². The lowest BCUT2D eigenvalue weighted by atomic mass is 10.0. The van der Waals surface area contributed by atoms with Crippen LogP contribution in [0.3, 0.4) is 0 Å². The molecule has 8 nitrogen and oxygen atoms in total. The summed E-state index contributed by atoms with van der Waals surface area (Å²) in [6.45, 7) is 3.12. The summed E-state index contributed by atoms with van der Waals surface area (Å²) in [4.78, 5) is 26.8. The number of nitrogens with zero attached hydrogens (tertiary/aromatic N) is 4. The average Bonchev–Trinajstić information content (AvgIpc) is 3.20. The molecule has 1 fully saturated rings. The van der Waals surface area contributed by atoms with Gasteiger partial charge in [-0.1, -0.05) is 17.3 Å². The van der Waals surface area contributed by atoms with Crippen LogP contribution in [0.5, 0.6) is 0 Å². The van der Waals surface area contributed by atoms with Gasteiger partial charge in [0.2, 0.25) is 0 Å². The molecule has 4 rings (SSSR count). The number of aryl methyl sites for hydroxylation is 1. The van der Waals surface area contributed by atoms with Crippen LogP contribution in [0.4, 0.5) is 10.2 Å². The van der Waals surface area contributed by atoms with E-state index in [0.29, 0.717) is 23.7 Å². The van der Waals surface area contributed by atoms with Gasteiger partial charge >= 0.3 is 0 Å². The highest BCUT2D eigenvalue weighted by Gasteiger charge is 2.25. The maximum atomic E-state index is 13.5. The number of anilines is 1. The smallest absolute Gasteiger partial charge is 0.273 e. The normalized spacial score (nSPS) is 16.3. The molecule has 0 aliphatic carbocycles. The molecular formula is C22H24FN5O3. The first kappa shape index (κ1) is 20.8. The zero-order valence-electron chi connectivity index (χ0n) is 17.3. The van der Waals surface area contributed by atoms with Crippen LogP contribution in [-0.2, 0) is 6.54 Å². The highest BCUT2D eigenvalue weighted by molar-refractivity contribution is 5.92. The Morgan fingerprint density at radius 3 is 2.90 bits per heavy atom. The van der Waals surface area contributed by atoms with Gasteiger partial charge in [0.25, 0.3) is 11.5 Å². The molecule has 1 aromatic carbocycles. The maximum absolute atomic E-state index is 13.5. The molecule has 1 atom stereocenters. The van der Waals surface area contributed by atoms with Gasteiger partial charge in [-0.25, -0.2) is 9.07 Å². The molecular weight excluding hydrogens is 401 g/mol. The van der Waals surface area contributed by atoms with Gasteiger partial charge in [-0.15, -0.1) is 0 Å². The highest BCUT2D eigenvalue weighted by Crippen LogP contribution is 2.22. The fourth-order valence-electron chi connectivity index (χ4n) is 3.80. The van der Waals surface area contributed by atoms with Crippen molar-refractivity contribution >= 4 is 11.7 Å². The molecule has 1 aliphatic rings. The van der Waals surface area contributed by atoms with Gasteiger partial charge < -0.3 is 14.7 Å². The zero-order valence-corrected chi connectivity index (χ0v) is 17.3. The van der Waals surface area contributed by atoms with Crippen LogP contribution in [0.15, 0.2) is 51.8 Å². The lowest BCUT2D eigenvalue weighted by Gasteiger charge is -2.36. The van der Waals surface area contributed by atoms with Crippen molar-refractivity contribution in [3.05, 3.63) is 75.7 Å². The molecule has 0 bridgehead atoms. The summed E-state index contributed by atoms with van der Waals surface area (Å²) in [6, 6.07) is 10.9. The van der Waals surface area contributed by atoms with E-state index in [1.165, 1.54) is 22.9 Å². The van der Waals surface area contributed by atoms with Gasteiger partial charge in [-0.05, 0) is 49.9 Å². The minimum Gasteiger partial charge on any atom is -0.361 e. The van der Waals surface area contributed by atoms with Crippen molar-refractivity contribution < 1.29 is 13.7 Å². The van der Waals surface area contributed by atoms with Gasteiger partial charge in [0.1, 0.15) is 17.4 Å². The van der Waals surface area contributed by atoms with Crippen molar-refractivity contribution in [2.45, 2.75) is 38.8 Å². The van der Waals surface area contributed by atoms with Crippen molar-refractivity contribution in [3.8, 4) is 0 Å². The molecule has 3 heterocycles. The van der Waals surface area contributed by atoms with E-state index >= 15 is 0 Å². The SMILES string of the molecule is Cc1cc(C(=O)NCC2CCCCN2c2ccc(=O)n(Cc3cccc(F)c3)n2)no1. The van der Waals surface area contributed by atoms with Crippen molar-refractivity contribution in [2.75, 3.05) is 18.0 Å². The number of amides is 1. The third kappa shape index (κ3) is 4.99. The van der Waals surface area contributed by atoms with E-state index in [4.69, 9.17) is 4.52 Å². The molecule has 162 valence electrons. The fourth-order valence-corrected chi connectivity index (χ4v) is 3.80. The average molecular weight is 425 g/mol. The van der Waals surface area contributed by atoms with Crippen molar-refractivity contribution in [3.63, 3.8) is 0 Å². The van der Waals surface area contributed by atoms with Crippen LogP contribution in [0.2, 0.25) is 0 Å². The molecule has 3 aromatic rings. The molecule has 1 N–H and O–H groups in total. The van der Waals surface area contributed by atoms with Crippen LogP contribution < -0.4 is 15.8 Å². The lowest BCUT2D eigenvalue weighted by molar-refractivity contribution is 0.0940. The summed E-state index contributed by atoms with van der Waals surface area (Å²) in [6.07, 6.45) is 2.93. The number of benzene rings is 1. The predicted octanol–water partition coefficient (Wildman–Crippen LogP) is 2.52. The number of halogens is 1. The number of rotatable bonds is 6. The molecule has 1 amide bonds. The first-order chi connectivity index (χ1) is 15.0. The van der Waals surface area contributed by atoms with Gasteiger partial charge in [-0.2, -0.15) is 5.10 Å². The molecule has 1 unspecified atom stereocenters. The third-order valence-corrected chi connectivity index (χ3v) is 5.35. The summed E-state index contributed by atoms with van der Waals surface area (Å²) in [5, 5.41) is 11.2. The molecule has 0 saturated carbocycles. The molecule has 9 heteroatoms. The Morgan fingerprint density at radius 2 is 2.13 bits per heavy atom. The lowest BCUT2D eigenvalue weighted by Crippen LogP contribution is -2.47. The highest BCUT2D eigenvalue weighted by atomic mass is 19.1. The standard InChI is InChI=1S/C22H24FN5O3/c1-15-11-19(26-31-15)22(30)24-13-18-7-2-3-10-27(18)20-8-9-21(29)28(25-20)14-16-5-4-6-17(23)12-16/h4-6,8-9,11-12,18H,2-3,7,10,13-14H2,1H3,(H,24,30). The molecule has 1 aliphatic heterocycles. The Hall–Kier alpha value is -3.49. The Labute approximate surface area is 178 Å². The van der Waals surface area contributed by atoms with E-state index in [2.05, 4.69) is 20.5 Å². The van der Waals surface area contributed by atoms with Crippen molar-refractivity contribution in [2.24, 2.45) is 0 Å². The number of aromatic nitrogens is 3. The largest absolute Gasteiger partial charge is 0.361 e. The van der Waals surface area contributed by atoms with Gasteiger partial charge in [0.15, 0.2) is 5.69 Å². The zero-order chi connectivity index (χ0) is 21.8. The van der Waals surface area contributed by atoms with Crippen LogP contribution in [0, 0.1) is 12.7 Å². The fraction of sp³-hybridized carbons (Fsp3) is 0.364. The van der Waals surface area contributed by atoms with Gasteiger partial charge in [0.05, 0.1) is 6.54 Å². The molecule has 0 radical (unpaired) electrons. The Bertz CT molecular complexity index is 1130. The van der Waals surface area contributed by atoms with Crippen LogP contribution in [0.25, 0.3) is 0 Å². The van der Waals surface area contributed by atoms with Gasteiger partial charge in [0, 0.05) is 31.3 Å². The number of carbonyl (C=O) groups excluding carboxylic acids is 1. The number of piperidine rings is 1. The van der Waals surface area contributed by atoms with Crippen LogP contribution >= 0.6 is 0 Å². The Balaban J connectivity index is 1.49. The van der Waals surface area contributed by atoms with Crippen LogP contribution in [-0.4, -0.2) is 40.0 Å². The van der Waals surface area contributed by atoms with E-state index in [1.54, 1.807) is 31.2 Å². The monoisotopic (exact) mass is 425 g/mol. The Kier molecular flexibility index (Phi) is 6.11. The first-order valence-electron chi connectivity index (χ1n) is 10.3. The summed E-state index contributed by atoms with van der Waals surface area (Å²) in [7, 11) is 0. The van der Waals surface area contributed by atoms with Gasteiger partial charge in [-0.3, -0.25) is 9.59 Å². The van der Waals surface area contributed by atoms with E-state index in [-0.39, 0.29) is 35.6 Å². The summed E-state index contributed by atoms with van der Waals surface area (Å²) in [5.41, 5.74) is 0.662. The number of nitrogens with one attached hydrogen (secondary N) is 1. The summed E-state index contributed by atoms with van der Waals surface area (Å²) in [5.74, 6) is 0.601. The maximum Gasteiger partial charge on any atom is 0.273 e.